The van der Waals surface area contributed by atoms with E-state index in [1.165, 1.54) is 19.3 Å². The van der Waals surface area contributed by atoms with E-state index in [4.69, 9.17) is 16.3 Å². The molecule has 3 unspecified atom stereocenters. The fourth-order valence-electron chi connectivity index (χ4n) is 8.85. The first-order chi connectivity index (χ1) is 17.2. The fourth-order valence-corrected chi connectivity index (χ4v) is 9.04. The lowest BCUT2D eigenvalue weighted by atomic mass is 9.43. The number of aliphatic hydroxyl groups excluding tert-OH is 1. The molecule has 8 atom stereocenters. The fraction of sp³-hybridized carbons (Fsp3) is 0.903. The van der Waals surface area contributed by atoms with Gasteiger partial charge >= 0.3 is 0 Å². The number of carbonyl (C=O) groups excluding carboxylic acids is 1. The molecule has 5 heteroatoms. The van der Waals surface area contributed by atoms with Crippen LogP contribution in [0.25, 0.3) is 0 Å². The minimum absolute atomic E-state index is 0.0715. The summed E-state index contributed by atoms with van der Waals surface area (Å²) in [5.74, 6) is 2.50. The highest BCUT2D eigenvalue weighted by Gasteiger charge is 2.65. The normalized spacial score (nSPS) is 42.0. The van der Waals surface area contributed by atoms with Crippen molar-refractivity contribution in [1.82, 2.24) is 0 Å². The summed E-state index contributed by atoms with van der Waals surface area (Å²) in [6.07, 6.45) is 15.8. The molecule has 0 heterocycles. The quantitative estimate of drug-likeness (QED) is 0.217. The van der Waals surface area contributed by atoms with Crippen LogP contribution in [-0.2, 0) is 9.53 Å². The molecule has 4 aliphatic carbocycles. The second-order valence-corrected chi connectivity index (χ2v) is 13.6. The maximum absolute atomic E-state index is 12.4. The number of unbranched alkanes of at least 4 members (excludes halogenated alkanes) is 5. The molecule has 0 amide bonds. The molecule has 4 rings (SSSR count). The van der Waals surface area contributed by atoms with E-state index in [-0.39, 0.29) is 22.5 Å². The van der Waals surface area contributed by atoms with Crippen molar-refractivity contribution >= 4 is 17.4 Å². The molecule has 3 fully saturated rings. The second kappa shape index (κ2) is 11.8. The van der Waals surface area contributed by atoms with Gasteiger partial charge in [0.15, 0.2) is 5.78 Å². The number of hydrogen-bond donors (Lipinski definition) is 2. The zero-order valence-electron chi connectivity index (χ0n) is 23.1. The molecule has 4 aliphatic rings. The number of carbonyl (C=O) groups is 1. The number of halogens is 1. The summed E-state index contributed by atoms with van der Waals surface area (Å²) in [6, 6.07) is 0. The largest absolute Gasteiger partial charge is 0.390 e. The van der Waals surface area contributed by atoms with Gasteiger partial charge in [-0.05, 0) is 111 Å². The minimum Gasteiger partial charge on any atom is -0.390 e. The molecule has 4 nitrogen and oxygen atoms in total. The molecule has 3 saturated carbocycles. The Hall–Kier alpha value is -0.420. The smallest absolute Gasteiger partial charge is 0.155 e. The van der Waals surface area contributed by atoms with E-state index in [0.717, 1.165) is 83.0 Å². The van der Waals surface area contributed by atoms with Crippen LogP contribution in [0.4, 0.5) is 0 Å². The molecule has 2 N–H and O–H groups in total. The molecule has 0 spiro atoms. The third kappa shape index (κ3) is 5.36. The third-order valence-corrected chi connectivity index (χ3v) is 11.6. The van der Waals surface area contributed by atoms with E-state index < -0.39 is 11.7 Å². The molecule has 0 radical (unpaired) electrons. The minimum atomic E-state index is -0.621. The Kier molecular flexibility index (Phi) is 9.34. The molecule has 0 aromatic heterocycles. The number of aliphatic hydroxyl groups is 2. The highest BCUT2D eigenvalue weighted by molar-refractivity contribution is 6.17. The molecule has 0 aromatic rings. The zero-order chi connectivity index (χ0) is 26.0. The van der Waals surface area contributed by atoms with E-state index in [9.17, 15) is 15.0 Å². The Labute approximate surface area is 224 Å². The van der Waals surface area contributed by atoms with Gasteiger partial charge in [0.2, 0.25) is 0 Å². The Morgan fingerprint density at radius 3 is 2.36 bits per heavy atom. The van der Waals surface area contributed by atoms with E-state index in [0.29, 0.717) is 30.1 Å². The summed E-state index contributed by atoms with van der Waals surface area (Å²) < 4.78 is 5.70. The van der Waals surface area contributed by atoms with Crippen LogP contribution in [0.3, 0.4) is 0 Å². The van der Waals surface area contributed by atoms with Gasteiger partial charge in [0, 0.05) is 25.5 Å². The van der Waals surface area contributed by atoms with Gasteiger partial charge in [0.25, 0.3) is 0 Å². The van der Waals surface area contributed by atoms with Crippen molar-refractivity contribution in [2.24, 2.45) is 34.5 Å². The van der Waals surface area contributed by atoms with Crippen molar-refractivity contribution in [3.8, 4) is 0 Å². The van der Waals surface area contributed by atoms with E-state index in [1.807, 2.05) is 6.08 Å². The molecule has 36 heavy (non-hydrogen) atoms. The Morgan fingerprint density at radius 2 is 1.61 bits per heavy atom. The van der Waals surface area contributed by atoms with Crippen LogP contribution in [0.5, 0.6) is 0 Å². The van der Waals surface area contributed by atoms with Crippen LogP contribution in [0.1, 0.15) is 111 Å². The summed E-state index contributed by atoms with van der Waals surface area (Å²) in [5, 5.41) is 23.1. The van der Waals surface area contributed by atoms with Gasteiger partial charge in [-0.1, -0.05) is 39.5 Å². The SMILES string of the molecule is CC1(O)CC[C@H]2[C@@H]3C(CCCCCCCOCCCCCl)C(O)C4=CC(=O)CC[C@]4(C)[C@@H]3CC[C@@]21C. The Morgan fingerprint density at radius 1 is 0.944 bits per heavy atom. The number of ketones is 1. The van der Waals surface area contributed by atoms with Crippen LogP contribution in [-0.4, -0.2) is 46.8 Å². The lowest BCUT2D eigenvalue weighted by Crippen LogP contribution is -2.59. The van der Waals surface area contributed by atoms with E-state index in [1.54, 1.807) is 0 Å². The van der Waals surface area contributed by atoms with Crippen molar-refractivity contribution in [2.45, 2.75) is 122 Å². The molecule has 206 valence electrons. The van der Waals surface area contributed by atoms with Gasteiger partial charge in [-0.25, -0.2) is 0 Å². The van der Waals surface area contributed by atoms with Gasteiger partial charge in [-0.3, -0.25) is 4.79 Å². The van der Waals surface area contributed by atoms with Crippen molar-refractivity contribution in [3.05, 3.63) is 11.6 Å². The van der Waals surface area contributed by atoms with Gasteiger partial charge < -0.3 is 14.9 Å². The molecule has 0 aromatic carbocycles. The summed E-state index contributed by atoms with van der Waals surface area (Å²) in [5.41, 5.74) is 0.264. The predicted molar refractivity (Wildman–Crippen MR) is 146 cm³/mol. The molecule has 0 saturated heterocycles. The lowest BCUT2D eigenvalue weighted by Gasteiger charge is -2.62. The van der Waals surface area contributed by atoms with E-state index >= 15 is 0 Å². The zero-order valence-corrected chi connectivity index (χ0v) is 23.8. The number of alkyl halides is 1. The maximum atomic E-state index is 12.4. The average Bonchev–Trinajstić information content (AvgIpc) is 3.09. The van der Waals surface area contributed by atoms with Crippen molar-refractivity contribution in [2.75, 3.05) is 19.1 Å². The summed E-state index contributed by atoms with van der Waals surface area (Å²) in [7, 11) is 0. The second-order valence-electron chi connectivity index (χ2n) is 13.2. The van der Waals surface area contributed by atoms with Crippen molar-refractivity contribution < 1.29 is 19.7 Å². The van der Waals surface area contributed by atoms with Crippen molar-refractivity contribution in [3.63, 3.8) is 0 Å². The summed E-state index contributed by atoms with van der Waals surface area (Å²) >= 11 is 5.71. The first kappa shape index (κ1) is 28.6. The molecular formula is C31H51ClO4. The molecule has 0 bridgehead atoms. The van der Waals surface area contributed by atoms with Gasteiger partial charge in [0.05, 0.1) is 11.7 Å². The van der Waals surface area contributed by atoms with Crippen LogP contribution in [0.2, 0.25) is 0 Å². The third-order valence-electron chi connectivity index (χ3n) is 11.3. The lowest BCUT2D eigenvalue weighted by molar-refractivity contribution is -0.152. The first-order valence-corrected chi connectivity index (χ1v) is 15.5. The van der Waals surface area contributed by atoms with Crippen LogP contribution < -0.4 is 0 Å². The standard InChI is InChI=1S/C31H51ClO4/c1-29-15-12-22(33)21-26(29)28(34)23(11-7-5-4-6-9-19-36-20-10-8-18-32)27-24(29)13-16-30(2)25(27)14-17-31(30,3)35/h21,23-25,27-28,34-35H,4-20H2,1-3H3/t23?,24-,25+,27-,28?,29-,30+,31?/m1/s1. The molecular weight excluding hydrogens is 472 g/mol. The Bertz CT molecular complexity index is 793. The predicted octanol–water partition coefficient (Wildman–Crippen LogP) is 6.84. The van der Waals surface area contributed by atoms with Crippen LogP contribution >= 0.6 is 11.6 Å². The first-order valence-electron chi connectivity index (χ1n) is 14.9. The summed E-state index contributed by atoms with van der Waals surface area (Å²) in [6.45, 7) is 8.36. The number of fused-ring (bicyclic) bond motifs is 5. The van der Waals surface area contributed by atoms with E-state index in [2.05, 4.69) is 20.8 Å². The summed E-state index contributed by atoms with van der Waals surface area (Å²) in [4.78, 5) is 12.4. The maximum Gasteiger partial charge on any atom is 0.155 e. The number of ether oxygens (including phenoxy) is 1. The van der Waals surface area contributed by atoms with Crippen molar-refractivity contribution in [1.29, 1.82) is 0 Å². The number of hydrogen-bond acceptors (Lipinski definition) is 4. The van der Waals surface area contributed by atoms with Crippen LogP contribution in [0.15, 0.2) is 11.6 Å². The van der Waals surface area contributed by atoms with Gasteiger partial charge in [-0.2, -0.15) is 0 Å². The highest BCUT2D eigenvalue weighted by Crippen LogP contribution is 2.69. The van der Waals surface area contributed by atoms with Crippen LogP contribution in [0, 0.1) is 34.5 Å². The monoisotopic (exact) mass is 522 g/mol. The molecule has 0 aliphatic heterocycles. The number of rotatable bonds is 12. The average molecular weight is 523 g/mol. The Balaban J connectivity index is 1.39. The highest BCUT2D eigenvalue weighted by atomic mass is 35.5. The van der Waals surface area contributed by atoms with Gasteiger partial charge in [0.1, 0.15) is 0 Å². The topological polar surface area (TPSA) is 66.8 Å². The van der Waals surface area contributed by atoms with Gasteiger partial charge in [-0.15, -0.1) is 11.6 Å².